The molecule has 1 rings (SSSR count). The van der Waals surface area contributed by atoms with Gasteiger partial charge in [-0.3, -0.25) is 0 Å². The molecule has 56 valence electrons. The van der Waals surface area contributed by atoms with Crippen LogP contribution in [-0.4, -0.2) is 16.5 Å². The lowest BCUT2D eigenvalue weighted by atomic mass is 10.3. The quantitative estimate of drug-likeness (QED) is 0.532. The van der Waals surface area contributed by atoms with Crippen molar-refractivity contribution in [3.05, 3.63) is 11.5 Å². The van der Waals surface area contributed by atoms with Gasteiger partial charge in [0.1, 0.15) is 11.6 Å². The minimum absolute atomic E-state index is 0.572. The summed E-state index contributed by atoms with van der Waals surface area (Å²) in [6.45, 7) is 2.47. The molecule has 0 aliphatic carbocycles. The minimum atomic E-state index is 0.572. The molecule has 0 saturated heterocycles. The van der Waals surface area contributed by atoms with E-state index in [0.717, 1.165) is 17.9 Å². The monoisotopic (exact) mass is 140 g/mol. The Morgan fingerprint density at radius 1 is 1.60 bits per heavy atom. The predicted molar refractivity (Wildman–Crippen MR) is 40.5 cm³/mol. The van der Waals surface area contributed by atoms with E-state index in [1.54, 1.807) is 0 Å². The van der Waals surface area contributed by atoms with E-state index in [1.165, 1.54) is 0 Å². The Hall–Kier alpha value is -1.03. The van der Waals surface area contributed by atoms with E-state index in [-0.39, 0.29) is 0 Å². The highest BCUT2D eigenvalue weighted by Crippen LogP contribution is 2.06. The fourth-order valence-electron chi connectivity index (χ4n) is 0.893. The molecule has 0 aliphatic rings. The van der Waals surface area contributed by atoms with Gasteiger partial charge < -0.3 is 16.5 Å². The van der Waals surface area contributed by atoms with Crippen molar-refractivity contribution >= 4 is 5.82 Å². The fourth-order valence-corrected chi connectivity index (χ4v) is 0.893. The summed E-state index contributed by atoms with van der Waals surface area (Å²) in [7, 11) is 0. The number of anilines is 1. The second-order valence-corrected chi connectivity index (χ2v) is 2.22. The topological polar surface area (TPSA) is 80.7 Å². The Labute approximate surface area is 59.6 Å². The number of hydrogen-bond acceptors (Lipinski definition) is 3. The number of nitrogens with one attached hydrogen (secondary N) is 1. The van der Waals surface area contributed by atoms with Crippen LogP contribution in [0.5, 0.6) is 0 Å². The van der Waals surface area contributed by atoms with Gasteiger partial charge in [-0.25, -0.2) is 4.98 Å². The Morgan fingerprint density at radius 3 is 2.70 bits per heavy atom. The molecule has 10 heavy (non-hydrogen) atoms. The first-order chi connectivity index (χ1) is 4.74. The number of rotatable bonds is 2. The third kappa shape index (κ3) is 1.27. The van der Waals surface area contributed by atoms with Crippen molar-refractivity contribution in [3.8, 4) is 0 Å². The molecule has 4 heteroatoms. The summed E-state index contributed by atoms with van der Waals surface area (Å²) in [5.41, 5.74) is 11.8. The predicted octanol–water partition coefficient (Wildman–Crippen LogP) is -0.198. The summed E-state index contributed by atoms with van der Waals surface area (Å²) in [5, 5.41) is 0. The normalized spacial score (nSPS) is 10.2. The standard InChI is InChI=1S/C6H12N4/c1-4-9-5(2-3-7)6(8)10-4/h2-3,7-8H2,1H3,(H,9,10). The molecular weight excluding hydrogens is 128 g/mol. The maximum Gasteiger partial charge on any atom is 0.145 e. The lowest BCUT2D eigenvalue weighted by Gasteiger charge is -1.92. The van der Waals surface area contributed by atoms with Gasteiger partial charge in [-0.2, -0.15) is 0 Å². The highest BCUT2D eigenvalue weighted by molar-refractivity contribution is 5.35. The van der Waals surface area contributed by atoms with Gasteiger partial charge in [0.25, 0.3) is 0 Å². The maximum atomic E-state index is 5.53. The number of H-pyrrole nitrogens is 1. The number of aromatic nitrogens is 2. The Balaban J connectivity index is 2.81. The van der Waals surface area contributed by atoms with E-state index in [0.29, 0.717) is 12.4 Å². The Kier molecular flexibility index (Phi) is 1.91. The first-order valence-electron chi connectivity index (χ1n) is 3.25. The van der Waals surface area contributed by atoms with E-state index in [1.807, 2.05) is 6.92 Å². The summed E-state index contributed by atoms with van der Waals surface area (Å²) in [6.07, 6.45) is 0.771. The van der Waals surface area contributed by atoms with Crippen molar-refractivity contribution in [1.29, 1.82) is 0 Å². The van der Waals surface area contributed by atoms with Crippen molar-refractivity contribution in [3.63, 3.8) is 0 Å². The zero-order valence-electron chi connectivity index (χ0n) is 6.02. The van der Waals surface area contributed by atoms with Gasteiger partial charge in [0.05, 0.1) is 5.69 Å². The van der Waals surface area contributed by atoms with Crippen LogP contribution in [0.3, 0.4) is 0 Å². The molecule has 0 atom stereocenters. The average molecular weight is 140 g/mol. The molecular formula is C6H12N4. The second kappa shape index (κ2) is 2.70. The summed E-state index contributed by atoms with van der Waals surface area (Å²) in [4.78, 5) is 7.03. The molecule has 1 aromatic rings. The molecule has 1 aromatic heterocycles. The largest absolute Gasteiger partial charge is 0.382 e. The van der Waals surface area contributed by atoms with Crippen LogP contribution in [0.15, 0.2) is 0 Å². The lowest BCUT2D eigenvalue weighted by molar-refractivity contribution is 0.931. The summed E-state index contributed by atoms with van der Waals surface area (Å²) >= 11 is 0. The number of hydrogen-bond donors (Lipinski definition) is 3. The first-order valence-corrected chi connectivity index (χ1v) is 3.25. The van der Waals surface area contributed by atoms with Crippen LogP contribution < -0.4 is 11.5 Å². The van der Waals surface area contributed by atoms with Crippen LogP contribution in [0.4, 0.5) is 5.82 Å². The molecule has 0 saturated carbocycles. The average Bonchev–Trinajstić information content (AvgIpc) is 2.13. The first kappa shape index (κ1) is 7.08. The van der Waals surface area contributed by atoms with E-state index in [4.69, 9.17) is 11.5 Å². The second-order valence-electron chi connectivity index (χ2n) is 2.22. The fraction of sp³-hybridized carbons (Fsp3) is 0.500. The van der Waals surface area contributed by atoms with E-state index in [2.05, 4.69) is 9.97 Å². The number of nitrogens with zero attached hydrogens (tertiary/aromatic N) is 1. The zero-order valence-corrected chi connectivity index (χ0v) is 6.02. The molecule has 1 heterocycles. The number of aromatic amines is 1. The summed E-state index contributed by atoms with van der Waals surface area (Å²) < 4.78 is 0. The van der Waals surface area contributed by atoms with Crippen LogP contribution in [0, 0.1) is 6.92 Å². The molecule has 0 fully saturated rings. The molecule has 5 N–H and O–H groups in total. The van der Waals surface area contributed by atoms with Crippen LogP contribution in [0.25, 0.3) is 0 Å². The van der Waals surface area contributed by atoms with Gasteiger partial charge in [0, 0.05) is 6.42 Å². The number of imidazole rings is 1. The van der Waals surface area contributed by atoms with Gasteiger partial charge in [0.15, 0.2) is 0 Å². The molecule has 0 aromatic carbocycles. The Bertz CT molecular complexity index is 216. The molecule has 0 bridgehead atoms. The minimum Gasteiger partial charge on any atom is -0.382 e. The molecule has 0 aliphatic heterocycles. The number of nitrogens with two attached hydrogens (primary N) is 2. The number of aryl methyl sites for hydroxylation is 1. The van der Waals surface area contributed by atoms with Crippen molar-refractivity contribution in [2.75, 3.05) is 12.3 Å². The van der Waals surface area contributed by atoms with Crippen LogP contribution in [0.1, 0.15) is 11.5 Å². The molecule has 4 nitrogen and oxygen atoms in total. The lowest BCUT2D eigenvalue weighted by Crippen LogP contribution is -2.04. The van der Waals surface area contributed by atoms with Crippen LogP contribution in [0.2, 0.25) is 0 Å². The van der Waals surface area contributed by atoms with Crippen molar-refractivity contribution < 1.29 is 0 Å². The van der Waals surface area contributed by atoms with Gasteiger partial charge >= 0.3 is 0 Å². The van der Waals surface area contributed by atoms with Gasteiger partial charge in [0.2, 0.25) is 0 Å². The molecule has 0 unspecified atom stereocenters. The highest BCUT2D eigenvalue weighted by atomic mass is 15.0. The van der Waals surface area contributed by atoms with Crippen molar-refractivity contribution in [2.45, 2.75) is 13.3 Å². The van der Waals surface area contributed by atoms with Crippen LogP contribution >= 0.6 is 0 Å². The third-order valence-corrected chi connectivity index (χ3v) is 1.32. The summed E-state index contributed by atoms with van der Waals surface area (Å²) in [6, 6.07) is 0. The van der Waals surface area contributed by atoms with Gasteiger partial charge in [-0.1, -0.05) is 0 Å². The maximum absolute atomic E-state index is 5.53. The summed E-state index contributed by atoms with van der Waals surface area (Å²) in [5.74, 6) is 1.42. The Morgan fingerprint density at radius 2 is 2.30 bits per heavy atom. The zero-order chi connectivity index (χ0) is 7.56. The third-order valence-electron chi connectivity index (χ3n) is 1.32. The van der Waals surface area contributed by atoms with Gasteiger partial charge in [-0.05, 0) is 13.5 Å². The van der Waals surface area contributed by atoms with Crippen molar-refractivity contribution in [1.82, 2.24) is 9.97 Å². The highest BCUT2D eigenvalue weighted by Gasteiger charge is 2.01. The number of nitrogen functional groups attached to an aromatic ring is 1. The molecule has 0 spiro atoms. The van der Waals surface area contributed by atoms with Crippen LogP contribution in [-0.2, 0) is 6.42 Å². The van der Waals surface area contributed by atoms with E-state index in [9.17, 15) is 0 Å². The molecule has 0 radical (unpaired) electrons. The smallest absolute Gasteiger partial charge is 0.145 e. The molecule has 0 amide bonds. The van der Waals surface area contributed by atoms with Crippen molar-refractivity contribution in [2.24, 2.45) is 5.73 Å². The van der Waals surface area contributed by atoms with E-state index >= 15 is 0 Å². The SMILES string of the molecule is Cc1nc(N)c(CCN)[nH]1. The van der Waals surface area contributed by atoms with E-state index < -0.39 is 0 Å². The van der Waals surface area contributed by atoms with Gasteiger partial charge in [-0.15, -0.1) is 0 Å².